The highest BCUT2D eigenvalue weighted by atomic mass is 19.1. The minimum absolute atomic E-state index is 0.213. The molecule has 0 amide bonds. The Labute approximate surface area is 96.6 Å². The van der Waals surface area contributed by atoms with E-state index < -0.39 is 0 Å². The Bertz CT molecular complexity index is 369. The zero-order valence-electron chi connectivity index (χ0n) is 10.1. The van der Waals surface area contributed by atoms with Crippen LogP contribution in [0.15, 0.2) is 12.1 Å². The Kier molecular flexibility index (Phi) is 3.47. The van der Waals surface area contributed by atoms with Crippen molar-refractivity contribution in [2.24, 2.45) is 5.92 Å². The van der Waals surface area contributed by atoms with Crippen LogP contribution in [0.5, 0.6) is 5.75 Å². The Morgan fingerprint density at radius 3 is 2.38 bits per heavy atom. The van der Waals surface area contributed by atoms with Gasteiger partial charge in [0.2, 0.25) is 0 Å². The molecule has 0 radical (unpaired) electrons. The molecule has 1 aliphatic carbocycles. The molecule has 1 saturated carbocycles. The van der Waals surface area contributed by atoms with Gasteiger partial charge in [0.15, 0.2) is 11.6 Å². The maximum absolute atomic E-state index is 13.7. The molecule has 0 unspecified atom stereocenters. The fourth-order valence-corrected chi connectivity index (χ4v) is 1.90. The van der Waals surface area contributed by atoms with Crippen molar-refractivity contribution in [1.29, 1.82) is 0 Å². The van der Waals surface area contributed by atoms with Crippen LogP contribution < -0.4 is 4.74 Å². The van der Waals surface area contributed by atoms with Crippen LogP contribution in [0.1, 0.15) is 37.8 Å². The summed E-state index contributed by atoms with van der Waals surface area (Å²) in [7, 11) is 0. The van der Waals surface area contributed by atoms with E-state index in [1.165, 1.54) is 18.4 Å². The summed E-state index contributed by atoms with van der Waals surface area (Å²) >= 11 is 0. The standard InChI is InChI=1S/C14H19FO/c1-3-11-7-13(15)14(8-12(11)4-2)16-9-10-5-6-10/h7-8,10H,3-6,9H2,1-2H3. The molecule has 16 heavy (non-hydrogen) atoms. The molecular formula is C14H19FO. The smallest absolute Gasteiger partial charge is 0.165 e. The normalized spacial score (nSPS) is 15.2. The Morgan fingerprint density at radius 2 is 1.81 bits per heavy atom. The summed E-state index contributed by atoms with van der Waals surface area (Å²) in [5.41, 5.74) is 2.30. The van der Waals surface area contributed by atoms with Crippen molar-refractivity contribution in [3.05, 3.63) is 29.1 Å². The SMILES string of the molecule is CCc1cc(F)c(OCC2CC2)cc1CC. The first kappa shape index (κ1) is 11.4. The van der Waals surface area contributed by atoms with Gasteiger partial charge >= 0.3 is 0 Å². The second-order valence-electron chi connectivity index (χ2n) is 4.51. The molecule has 88 valence electrons. The number of halogens is 1. The van der Waals surface area contributed by atoms with Gasteiger partial charge in [-0.15, -0.1) is 0 Å². The summed E-state index contributed by atoms with van der Waals surface area (Å²) in [5.74, 6) is 0.881. The second-order valence-corrected chi connectivity index (χ2v) is 4.51. The van der Waals surface area contributed by atoms with Gasteiger partial charge in [0, 0.05) is 0 Å². The van der Waals surface area contributed by atoms with E-state index in [0.717, 1.165) is 18.4 Å². The van der Waals surface area contributed by atoms with Crippen LogP contribution in [0.4, 0.5) is 4.39 Å². The molecule has 0 heterocycles. The van der Waals surface area contributed by atoms with Gasteiger partial charge in [-0.1, -0.05) is 13.8 Å². The van der Waals surface area contributed by atoms with E-state index >= 15 is 0 Å². The summed E-state index contributed by atoms with van der Waals surface area (Å²) < 4.78 is 19.2. The van der Waals surface area contributed by atoms with Crippen molar-refractivity contribution < 1.29 is 9.13 Å². The fourth-order valence-electron chi connectivity index (χ4n) is 1.90. The van der Waals surface area contributed by atoms with E-state index in [0.29, 0.717) is 18.3 Å². The van der Waals surface area contributed by atoms with Crippen molar-refractivity contribution in [3.8, 4) is 5.75 Å². The van der Waals surface area contributed by atoms with Gasteiger partial charge in [0.05, 0.1) is 6.61 Å². The van der Waals surface area contributed by atoms with Crippen molar-refractivity contribution in [2.45, 2.75) is 39.5 Å². The maximum atomic E-state index is 13.7. The zero-order chi connectivity index (χ0) is 11.5. The first-order valence-electron chi connectivity index (χ1n) is 6.18. The summed E-state index contributed by atoms with van der Waals surface area (Å²) in [4.78, 5) is 0. The van der Waals surface area contributed by atoms with Crippen molar-refractivity contribution in [2.75, 3.05) is 6.61 Å². The lowest BCUT2D eigenvalue weighted by molar-refractivity contribution is 0.285. The van der Waals surface area contributed by atoms with Crippen LogP contribution in [-0.2, 0) is 12.8 Å². The number of ether oxygens (including phenoxy) is 1. The molecule has 0 spiro atoms. The van der Waals surface area contributed by atoms with Crippen LogP contribution in [-0.4, -0.2) is 6.61 Å². The van der Waals surface area contributed by atoms with E-state index in [1.807, 2.05) is 6.07 Å². The first-order chi connectivity index (χ1) is 7.74. The van der Waals surface area contributed by atoms with Gasteiger partial charge in [0.25, 0.3) is 0 Å². The van der Waals surface area contributed by atoms with Gasteiger partial charge in [0.1, 0.15) is 0 Å². The Morgan fingerprint density at radius 1 is 1.19 bits per heavy atom. The molecule has 0 aliphatic heterocycles. The molecule has 1 fully saturated rings. The highest BCUT2D eigenvalue weighted by Crippen LogP contribution is 2.31. The van der Waals surface area contributed by atoms with Gasteiger partial charge < -0.3 is 4.74 Å². The summed E-state index contributed by atoms with van der Waals surface area (Å²) in [5, 5.41) is 0. The average Bonchev–Trinajstić information content (AvgIpc) is 3.11. The number of hydrogen-bond donors (Lipinski definition) is 0. The number of hydrogen-bond acceptors (Lipinski definition) is 1. The Hall–Kier alpha value is -1.05. The van der Waals surface area contributed by atoms with Gasteiger partial charge in [-0.25, -0.2) is 4.39 Å². The number of benzene rings is 1. The molecule has 0 atom stereocenters. The highest BCUT2D eigenvalue weighted by molar-refractivity contribution is 5.37. The lowest BCUT2D eigenvalue weighted by Crippen LogP contribution is -2.03. The molecule has 2 rings (SSSR count). The predicted molar refractivity (Wildman–Crippen MR) is 63.4 cm³/mol. The van der Waals surface area contributed by atoms with E-state index in [1.54, 1.807) is 6.07 Å². The van der Waals surface area contributed by atoms with Crippen LogP contribution in [0.25, 0.3) is 0 Å². The zero-order valence-corrected chi connectivity index (χ0v) is 10.1. The van der Waals surface area contributed by atoms with E-state index in [9.17, 15) is 4.39 Å². The van der Waals surface area contributed by atoms with Crippen molar-refractivity contribution in [1.82, 2.24) is 0 Å². The maximum Gasteiger partial charge on any atom is 0.165 e. The molecule has 1 nitrogen and oxygen atoms in total. The molecule has 0 bridgehead atoms. The molecule has 1 aliphatic rings. The Balaban J connectivity index is 2.15. The quantitative estimate of drug-likeness (QED) is 0.737. The molecule has 0 N–H and O–H groups in total. The van der Waals surface area contributed by atoms with Crippen molar-refractivity contribution in [3.63, 3.8) is 0 Å². The van der Waals surface area contributed by atoms with Crippen molar-refractivity contribution >= 4 is 0 Å². The van der Waals surface area contributed by atoms with E-state index in [2.05, 4.69) is 13.8 Å². The minimum Gasteiger partial charge on any atom is -0.490 e. The minimum atomic E-state index is -0.213. The lowest BCUT2D eigenvalue weighted by atomic mass is 10.0. The highest BCUT2D eigenvalue weighted by Gasteiger charge is 2.22. The van der Waals surface area contributed by atoms with Gasteiger partial charge in [-0.3, -0.25) is 0 Å². The fraction of sp³-hybridized carbons (Fsp3) is 0.571. The molecule has 1 aromatic rings. The van der Waals surface area contributed by atoms with Crippen LogP contribution in [0, 0.1) is 11.7 Å². The third kappa shape index (κ3) is 2.55. The predicted octanol–water partition coefficient (Wildman–Crippen LogP) is 3.74. The largest absolute Gasteiger partial charge is 0.490 e. The monoisotopic (exact) mass is 222 g/mol. The topological polar surface area (TPSA) is 9.23 Å². The van der Waals surface area contributed by atoms with Crippen LogP contribution in [0.2, 0.25) is 0 Å². The van der Waals surface area contributed by atoms with Crippen LogP contribution >= 0.6 is 0 Å². The number of rotatable bonds is 5. The summed E-state index contributed by atoms with van der Waals surface area (Å²) in [6.07, 6.45) is 4.27. The van der Waals surface area contributed by atoms with Crippen LogP contribution in [0.3, 0.4) is 0 Å². The molecule has 1 aromatic carbocycles. The van der Waals surface area contributed by atoms with Gasteiger partial charge in [-0.05, 0) is 54.9 Å². The summed E-state index contributed by atoms with van der Waals surface area (Å²) in [6, 6.07) is 3.50. The van der Waals surface area contributed by atoms with Gasteiger partial charge in [-0.2, -0.15) is 0 Å². The third-order valence-corrected chi connectivity index (χ3v) is 3.19. The lowest BCUT2D eigenvalue weighted by Gasteiger charge is -2.11. The number of aryl methyl sites for hydroxylation is 2. The summed E-state index contributed by atoms with van der Waals surface area (Å²) in [6.45, 7) is 4.82. The average molecular weight is 222 g/mol. The van der Waals surface area contributed by atoms with E-state index in [-0.39, 0.29) is 5.82 Å². The third-order valence-electron chi connectivity index (χ3n) is 3.19. The second kappa shape index (κ2) is 4.86. The molecule has 2 heteroatoms. The molecule has 0 saturated heterocycles. The molecular weight excluding hydrogens is 203 g/mol. The van der Waals surface area contributed by atoms with E-state index in [4.69, 9.17) is 4.74 Å². The molecule has 0 aromatic heterocycles. The first-order valence-corrected chi connectivity index (χ1v) is 6.18.